The van der Waals surface area contributed by atoms with Gasteiger partial charge in [0.1, 0.15) is 0 Å². The van der Waals surface area contributed by atoms with E-state index in [0.717, 1.165) is 42.5 Å². The molecule has 3 aromatic carbocycles. The quantitative estimate of drug-likeness (QED) is 0.169. The molecule has 1 aliphatic rings. The lowest BCUT2D eigenvalue weighted by Gasteiger charge is -2.37. The molecule has 1 unspecified atom stereocenters. The lowest BCUT2D eigenvalue weighted by Crippen LogP contribution is -2.43. The summed E-state index contributed by atoms with van der Waals surface area (Å²) >= 11 is 0. The van der Waals surface area contributed by atoms with E-state index in [1.165, 1.54) is 18.4 Å². The standard InChI is InChI=1S/C36H48N4O6/c1-6-7-8-9-17-37-36(42)39-28-13-10-25(11-14-28)23-38-35(41)24-40-18-16-27-21-33(45-4)34(46-5)22-29(27)30(40)19-26-12-15-31(43-2)32(20-26)44-3/h10-15,20-22,30H,6-9,16-19,23-24H2,1-5H3,(H,38,41)(H2,37,39,42). The predicted octanol–water partition coefficient (Wildman–Crippen LogP) is 5.88. The zero-order chi connectivity index (χ0) is 32.9. The Bertz CT molecular complexity index is 1450. The molecule has 0 bridgehead atoms. The fraction of sp³-hybridized carbons (Fsp3) is 0.444. The highest BCUT2D eigenvalue weighted by Crippen LogP contribution is 2.40. The second kappa shape index (κ2) is 17.3. The molecule has 4 rings (SSSR count). The van der Waals surface area contributed by atoms with Gasteiger partial charge in [-0.1, -0.05) is 44.4 Å². The van der Waals surface area contributed by atoms with Gasteiger partial charge in [-0.15, -0.1) is 0 Å². The van der Waals surface area contributed by atoms with Gasteiger partial charge in [0.2, 0.25) is 5.91 Å². The van der Waals surface area contributed by atoms with Crippen molar-refractivity contribution in [2.75, 3.05) is 53.4 Å². The first-order valence-corrected chi connectivity index (χ1v) is 16.0. The molecule has 1 aliphatic heterocycles. The van der Waals surface area contributed by atoms with Crippen LogP contribution in [0.3, 0.4) is 0 Å². The number of urea groups is 1. The van der Waals surface area contributed by atoms with Gasteiger partial charge >= 0.3 is 6.03 Å². The summed E-state index contributed by atoms with van der Waals surface area (Å²) < 4.78 is 22.2. The number of anilines is 1. The molecule has 10 nitrogen and oxygen atoms in total. The third-order valence-corrected chi connectivity index (χ3v) is 8.35. The number of fused-ring (bicyclic) bond motifs is 1. The van der Waals surface area contributed by atoms with E-state index in [9.17, 15) is 9.59 Å². The summed E-state index contributed by atoms with van der Waals surface area (Å²) in [6.07, 6.45) is 5.88. The summed E-state index contributed by atoms with van der Waals surface area (Å²) in [5.41, 5.74) is 5.01. The molecule has 0 saturated carbocycles. The third-order valence-electron chi connectivity index (χ3n) is 8.35. The van der Waals surface area contributed by atoms with E-state index in [1.807, 2.05) is 54.6 Å². The van der Waals surface area contributed by atoms with Crippen LogP contribution in [0.1, 0.15) is 60.9 Å². The Morgan fingerprint density at radius 3 is 2.15 bits per heavy atom. The number of methoxy groups -OCH3 is 4. The molecule has 0 saturated heterocycles. The van der Waals surface area contributed by atoms with Gasteiger partial charge in [0.05, 0.1) is 35.0 Å². The van der Waals surface area contributed by atoms with E-state index < -0.39 is 0 Å². The van der Waals surface area contributed by atoms with Gasteiger partial charge in [0.25, 0.3) is 0 Å². The monoisotopic (exact) mass is 632 g/mol. The lowest BCUT2D eigenvalue weighted by molar-refractivity contribution is -0.123. The van der Waals surface area contributed by atoms with Crippen molar-refractivity contribution in [1.29, 1.82) is 0 Å². The molecule has 46 heavy (non-hydrogen) atoms. The highest BCUT2D eigenvalue weighted by atomic mass is 16.5. The Labute approximate surface area is 272 Å². The van der Waals surface area contributed by atoms with Crippen LogP contribution in [0.5, 0.6) is 23.0 Å². The highest BCUT2D eigenvalue weighted by molar-refractivity contribution is 5.89. The minimum atomic E-state index is -0.209. The van der Waals surface area contributed by atoms with E-state index in [4.69, 9.17) is 18.9 Å². The molecular weight excluding hydrogens is 584 g/mol. The number of unbranched alkanes of at least 4 members (excludes halogenated alkanes) is 3. The Morgan fingerprint density at radius 2 is 1.46 bits per heavy atom. The van der Waals surface area contributed by atoms with Gasteiger partial charge in [-0.05, 0) is 77.9 Å². The van der Waals surface area contributed by atoms with Gasteiger partial charge in [-0.25, -0.2) is 4.79 Å². The van der Waals surface area contributed by atoms with Crippen LogP contribution < -0.4 is 34.9 Å². The number of hydrogen-bond donors (Lipinski definition) is 3. The van der Waals surface area contributed by atoms with Crippen molar-refractivity contribution >= 4 is 17.6 Å². The predicted molar refractivity (Wildman–Crippen MR) is 180 cm³/mol. The molecule has 3 N–H and O–H groups in total. The Hall–Kier alpha value is -4.44. The average molecular weight is 633 g/mol. The molecule has 248 valence electrons. The fourth-order valence-corrected chi connectivity index (χ4v) is 5.82. The number of nitrogens with zero attached hydrogens (tertiary/aromatic N) is 1. The van der Waals surface area contributed by atoms with Crippen molar-refractivity contribution < 1.29 is 28.5 Å². The number of benzene rings is 3. The topological polar surface area (TPSA) is 110 Å². The average Bonchev–Trinajstić information content (AvgIpc) is 3.08. The second-order valence-corrected chi connectivity index (χ2v) is 11.5. The Balaban J connectivity index is 1.40. The van der Waals surface area contributed by atoms with E-state index in [-0.39, 0.29) is 24.5 Å². The molecule has 3 amide bonds. The smallest absolute Gasteiger partial charge is 0.319 e. The fourth-order valence-electron chi connectivity index (χ4n) is 5.82. The number of ether oxygens (including phenoxy) is 4. The van der Waals surface area contributed by atoms with Crippen LogP contribution in [0.4, 0.5) is 10.5 Å². The molecule has 0 aliphatic carbocycles. The SMILES string of the molecule is CCCCCCNC(=O)Nc1ccc(CNC(=O)CN2CCc3cc(OC)c(OC)cc3C2Cc2ccc(OC)c(OC)c2)cc1. The molecule has 0 spiro atoms. The number of carbonyl (C=O) groups excluding carboxylic acids is 2. The van der Waals surface area contributed by atoms with Crippen LogP contribution in [0.2, 0.25) is 0 Å². The number of amides is 3. The van der Waals surface area contributed by atoms with Crippen molar-refractivity contribution in [3.63, 3.8) is 0 Å². The van der Waals surface area contributed by atoms with Crippen molar-refractivity contribution in [3.8, 4) is 23.0 Å². The first-order valence-electron chi connectivity index (χ1n) is 16.0. The maximum atomic E-state index is 13.3. The first-order chi connectivity index (χ1) is 22.4. The number of nitrogens with one attached hydrogen (secondary N) is 3. The number of rotatable bonds is 16. The molecule has 10 heteroatoms. The number of hydrogen-bond acceptors (Lipinski definition) is 7. The minimum absolute atomic E-state index is 0.0640. The molecule has 0 radical (unpaired) electrons. The molecule has 3 aromatic rings. The largest absolute Gasteiger partial charge is 0.493 e. The van der Waals surface area contributed by atoms with Gasteiger partial charge in [-0.3, -0.25) is 9.69 Å². The summed E-state index contributed by atoms with van der Waals surface area (Å²) in [7, 11) is 6.52. The molecule has 1 atom stereocenters. The van der Waals surface area contributed by atoms with Crippen LogP contribution >= 0.6 is 0 Å². The van der Waals surface area contributed by atoms with Crippen LogP contribution in [0.25, 0.3) is 0 Å². The third kappa shape index (κ3) is 9.29. The highest BCUT2D eigenvalue weighted by Gasteiger charge is 2.31. The zero-order valence-corrected chi connectivity index (χ0v) is 27.7. The summed E-state index contributed by atoms with van der Waals surface area (Å²) in [6, 6.07) is 17.2. The zero-order valence-electron chi connectivity index (χ0n) is 27.7. The Morgan fingerprint density at radius 1 is 0.783 bits per heavy atom. The van der Waals surface area contributed by atoms with Gasteiger partial charge < -0.3 is 34.9 Å². The summed E-state index contributed by atoms with van der Waals surface area (Å²) in [6.45, 7) is 4.17. The van der Waals surface area contributed by atoms with Crippen molar-refractivity contribution in [1.82, 2.24) is 15.5 Å². The van der Waals surface area contributed by atoms with Crippen LogP contribution in [0.15, 0.2) is 54.6 Å². The van der Waals surface area contributed by atoms with Crippen molar-refractivity contribution in [2.45, 2.75) is 58.0 Å². The Kier molecular flexibility index (Phi) is 13.0. The minimum Gasteiger partial charge on any atom is -0.493 e. The van der Waals surface area contributed by atoms with Crippen molar-refractivity contribution in [2.24, 2.45) is 0 Å². The molecule has 0 aromatic heterocycles. The van der Waals surface area contributed by atoms with Crippen LogP contribution in [0, 0.1) is 0 Å². The summed E-state index contributed by atoms with van der Waals surface area (Å²) in [5.74, 6) is 2.62. The van der Waals surface area contributed by atoms with Crippen molar-refractivity contribution in [3.05, 3.63) is 76.9 Å². The lowest BCUT2D eigenvalue weighted by atomic mass is 9.88. The second-order valence-electron chi connectivity index (χ2n) is 11.5. The van der Waals surface area contributed by atoms with Crippen LogP contribution in [-0.4, -0.2) is 64.9 Å². The van der Waals surface area contributed by atoms with Gasteiger partial charge in [-0.2, -0.15) is 0 Å². The van der Waals surface area contributed by atoms with E-state index in [2.05, 4.69) is 27.8 Å². The number of carbonyl (C=O) groups is 2. The van der Waals surface area contributed by atoms with E-state index >= 15 is 0 Å². The maximum absolute atomic E-state index is 13.3. The molecule has 0 fully saturated rings. The summed E-state index contributed by atoms with van der Waals surface area (Å²) in [5, 5.41) is 8.83. The first kappa shape index (κ1) is 34.4. The van der Waals surface area contributed by atoms with E-state index in [1.54, 1.807) is 28.4 Å². The normalized spacial score (nSPS) is 14.2. The maximum Gasteiger partial charge on any atom is 0.319 e. The van der Waals surface area contributed by atoms with Crippen LogP contribution in [-0.2, 0) is 24.2 Å². The molecular formula is C36H48N4O6. The van der Waals surface area contributed by atoms with Gasteiger partial charge in [0, 0.05) is 31.4 Å². The van der Waals surface area contributed by atoms with Gasteiger partial charge in [0.15, 0.2) is 23.0 Å². The summed E-state index contributed by atoms with van der Waals surface area (Å²) in [4.78, 5) is 27.7. The molecule has 1 heterocycles. The van der Waals surface area contributed by atoms with E-state index in [0.29, 0.717) is 48.2 Å².